The van der Waals surface area contributed by atoms with Crippen molar-refractivity contribution in [1.29, 1.82) is 0 Å². The van der Waals surface area contributed by atoms with Crippen molar-refractivity contribution in [2.75, 3.05) is 25.0 Å². The third-order valence-electron chi connectivity index (χ3n) is 6.69. The lowest BCUT2D eigenvalue weighted by molar-refractivity contribution is 0.357. The second kappa shape index (κ2) is 11.3. The van der Waals surface area contributed by atoms with Gasteiger partial charge in [0.05, 0.1) is 24.4 Å². The molecular formula is C31H32FN5O. The van der Waals surface area contributed by atoms with E-state index in [0.717, 1.165) is 74.7 Å². The van der Waals surface area contributed by atoms with E-state index in [1.54, 1.807) is 18.3 Å². The van der Waals surface area contributed by atoms with Crippen molar-refractivity contribution in [2.24, 2.45) is 5.73 Å². The van der Waals surface area contributed by atoms with Gasteiger partial charge in [-0.25, -0.2) is 9.37 Å². The van der Waals surface area contributed by atoms with Crippen LogP contribution < -0.4 is 21.1 Å². The van der Waals surface area contributed by atoms with Gasteiger partial charge in [-0.3, -0.25) is 4.98 Å². The highest BCUT2D eigenvalue weighted by atomic mass is 19.1. The van der Waals surface area contributed by atoms with E-state index in [1.807, 2.05) is 26.0 Å². The Kier molecular flexibility index (Phi) is 7.54. The molecule has 1 aliphatic rings. The highest BCUT2D eigenvalue weighted by Crippen LogP contribution is 2.36. The molecule has 0 fully saturated rings. The maximum atomic E-state index is 13.5. The van der Waals surface area contributed by atoms with Gasteiger partial charge in [0, 0.05) is 64.7 Å². The highest BCUT2D eigenvalue weighted by molar-refractivity contribution is 5.93. The summed E-state index contributed by atoms with van der Waals surface area (Å²) in [5.41, 5.74) is 14.5. The first-order valence-electron chi connectivity index (χ1n) is 12.9. The number of hydrogen-bond acceptors (Lipinski definition) is 6. The smallest absolute Gasteiger partial charge is 0.148 e. The third kappa shape index (κ3) is 5.47. The molecule has 0 aliphatic carbocycles. The lowest BCUT2D eigenvalue weighted by atomic mass is 10.0. The van der Waals surface area contributed by atoms with Gasteiger partial charge in [0.25, 0.3) is 0 Å². The Morgan fingerprint density at radius 2 is 1.95 bits per heavy atom. The Morgan fingerprint density at radius 3 is 2.74 bits per heavy atom. The average Bonchev–Trinajstić information content (AvgIpc) is 3.42. The number of nitrogens with one attached hydrogen (secondary N) is 2. The summed E-state index contributed by atoms with van der Waals surface area (Å²) in [5.74, 6) is 0.546. The first-order valence-corrected chi connectivity index (χ1v) is 12.9. The quantitative estimate of drug-likeness (QED) is 0.263. The van der Waals surface area contributed by atoms with Crippen LogP contribution in [0.3, 0.4) is 0 Å². The Morgan fingerprint density at radius 1 is 1.11 bits per heavy atom. The van der Waals surface area contributed by atoms with Crippen LogP contribution in [0.1, 0.15) is 30.7 Å². The average molecular weight is 510 g/mol. The summed E-state index contributed by atoms with van der Waals surface area (Å²) < 4.78 is 19.4. The van der Waals surface area contributed by atoms with Crippen LogP contribution in [0.25, 0.3) is 27.9 Å². The first-order chi connectivity index (χ1) is 18.6. The summed E-state index contributed by atoms with van der Waals surface area (Å²) in [5, 5.41) is 8.08. The normalized spacial score (nSPS) is 13.3. The number of nitrogens with two attached hydrogens (primary N) is 1. The lowest BCUT2D eigenvalue weighted by Crippen LogP contribution is -2.17. The number of nitrogens with zero attached hydrogens (tertiary/aromatic N) is 2. The number of anilines is 1. The molecule has 6 nitrogen and oxygen atoms in total. The number of halogens is 1. The van der Waals surface area contributed by atoms with Crippen molar-refractivity contribution in [3.63, 3.8) is 0 Å². The van der Waals surface area contributed by atoms with Gasteiger partial charge in [0.2, 0.25) is 0 Å². The van der Waals surface area contributed by atoms with Crippen LogP contribution in [0.2, 0.25) is 0 Å². The zero-order valence-electron chi connectivity index (χ0n) is 21.7. The lowest BCUT2D eigenvalue weighted by Gasteiger charge is -2.16. The largest absolute Gasteiger partial charge is 0.491 e. The fraction of sp³-hybridized carbons (Fsp3) is 0.226. The van der Waals surface area contributed by atoms with Gasteiger partial charge in [-0.1, -0.05) is 18.2 Å². The highest BCUT2D eigenvalue weighted by Gasteiger charge is 2.20. The van der Waals surface area contributed by atoms with Crippen molar-refractivity contribution in [1.82, 2.24) is 15.3 Å². The van der Waals surface area contributed by atoms with Crippen LogP contribution in [0.5, 0.6) is 5.75 Å². The van der Waals surface area contributed by atoms with Crippen molar-refractivity contribution >= 4 is 22.3 Å². The molecule has 38 heavy (non-hydrogen) atoms. The minimum absolute atomic E-state index is 0.265. The Labute approximate surface area is 222 Å². The van der Waals surface area contributed by atoms with Crippen molar-refractivity contribution in [3.8, 4) is 17.0 Å². The van der Waals surface area contributed by atoms with Gasteiger partial charge in [0.15, 0.2) is 0 Å². The summed E-state index contributed by atoms with van der Waals surface area (Å²) in [6.07, 6.45) is 7.36. The zero-order chi connectivity index (χ0) is 26.5. The van der Waals surface area contributed by atoms with Crippen LogP contribution >= 0.6 is 0 Å². The molecule has 0 saturated carbocycles. The molecule has 0 unspecified atom stereocenters. The Bertz CT molecular complexity index is 1510. The molecule has 0 saturated heterocycles. The predicted molar refractivity (Wildman–Crippen MR) is 152 cm³/mol. The Balaban J connectivity index is 1.35. The summed E-state index contributed by atoms with van der Waals surface area (Å²) in [6.45, 7) is 5.85. The van der Waals surface area contributed by atoms with Crippen molar-refractivity contribution < 1.29 is 9.13 Å². The molecule has 0 atom stereocenters. The number of ether oxygens (including phenoxy) is 1. The number of fused-ring (bicyclic) bond motifs is 2. The predicted octanol–water partition coefficient (Wildman–Crippen LogP) is 5.84. The SMILES string of the molecule is C/C=C(\N)CNc1cc(/C(=C/C)NCCc2cc3c(c(-c4ccc(F)cc4)n2)OCC3)cc2cccnc12. The van der Waals surface area contributed by atoms with Gasteiger partial charge < -0.3 is 21.1 Å². The second-order valence-corrected chi connectivity index (χ2v) is 9.25. The number of hydrogen-bond donors (Lipinski definition) is 3. The van der Waals surface area contributed by atoms with Crippen molar-refractivity contribution in [3.05, 3.63) is 101 Å². The summed E-state index contributed by atoms with van der Waals surface area (Å²) in [6, 6.07) is 16.8. The molecule has 0 amide bonds. The number of aromatic nitrogens is 2. The van der Waals surface area contributed by atoms with Crippen molar-refractivity contribution in [2.45, 2.75) is 26.7 Å². The van der Waals surface area contributed by atoms with Gasteiger partial charge in [-0.15, -0.1) is 0 Å². The number of allylic oxidation sites excluding steroid dienone is 2. The minimum Gasteiger partial charge on any atom is -0.491 e. The van der Waals surface area contributed by atoms with Gasteiger partial charge in [0.1, 0.15) is 17.3 Å². The molecular weight excluding hydrogens is 477 g/mol. The molecule has 4 N–H and O–H groups in total. The van der Waals surface area contributed by atoms with Crippen LogP contribution in [0.4, 0.5) is 10.1 Å². The first kappa shape index (κ1) is 25.3. The van der Waals surface area contributed by atoms with Crippen LogP contribution in [0.15, 0.2) is 78.6 Å². The number of benzene rings is 2. The molecule has 3 heterocycles. The number of rotatable bonds is 9. The molecule has 0 spiro atoms. The van der Waals surface area contributed by atoms with E-state index in [4.69, 9.17) is 15.5 Å². The maximum Gasteiger partial charge on any atom is 0.148 e. The molecule has 5 rings (SSSR count). The van der Waals surface area contributed by atoms with Crippen LogP contribution in [-0.4, -0.2) is 29.7 Å². The summed E-state index contributed by atoms with van der Waals surface area (Å²) >= 11 is 0. The minimum atomic E-state index is -0.265. The van der Waals surface area contributed by atoms with E-state index < -0.39 is 0 Å². The van der Waals surface area contributed by atoms with Gasteiger partial charge in [-0.2, -0.15) is 0 Å². The van der Waals surface area contributed by atoms with Gasteiger partial charge >= 0.3 is 0 Å². The van der Waals surface area contributed by atoms with E-state index in [0.29, 0.717) is 19.7 Å². The molecule has 4 aromatic rings. The standard InChI is InChI=1S/C31H32FN5O/c1-3-25(33)19-36-28-18-23(16-21-6-5-13-35-29(21)28)27(4-2)34-14-11-26-17-22-12-15-38-31(22)30(37-26)20-7-9-24(32)10-8-20/h3-10,13,16-18,34,36H,11-12,14-15,19,33H2,1-2H3/b25-3-,27-4-. The summed E-state index contributed by atoms with van der Waals surface area (Å²) in [7, 11) is 0. The third-order valence-corrected chi connectivity index (χ3v) is 6.69. The van der Waals surface area contributed by atoms with Crippen LogP contribution in [0, 0.1) is 5.82 Å². The molecule has 194 valence electrons. The fourth-order valence-electron chi connectivity index (χ4n) is 4.66. The van der Waals surface area contributed by atoms with Gasteiger partial charge in [-0.05, 0) is 62.4 Å². The monoisotopic (exact) mass is 509 g/mol. The van der Waals surface area contributed by atoms with E-state index in [-0.39, 0.29) is 5.82 Å². The molecule has 2 aromatic carbocycles. The molecule has 0 radical (unpaired) electrons. The molecule has 2 aromatic heterocycles. The molecule has 1 aliphatic heterocycles. The Hall–Kier alpha value is -4.39. The molecule has 0 bridgehead atoms. The summed E-state index contributed by atoms with van der Waals surface area (Å²) in [4.78, 5) is 9.48. The van der Waals surface area contributed by atoms with E-state index >= 15 is 0 Å². The maximum absolute atomic E-state index is 13.5. The topological polar surface area (TPSA) is 85.1 Å². The number of pyridine rings is 2. The van der Waals surface area contributed by atoms with E-state index in [9.17, 15) is 4.39 Å². The second-order valence-electron chi connectivity index (χ2n) is 9.25. The fourth-order valence-corrected chi connectivity index (χ4v) is 4.66. The van der Waals surface area contributed by atoms with E-state index in [2.05, 4.69) is 46.0 Å². The van der Waals surface area contributed by atoms with E-state index in [1.165, 1.54) is 12.1 Å². The van der Waals surface area contributed by atoms with Crippen LogP contribution in [-0.2, 0) is 12.8 Å². The zero-order valence-corrected chi connectivity index (χ0v) is 21.7. The molecule has 7 heteroatoms.